The fourth-order valence-corrected chi connectivity index (χ4v) is 3.62. The number of allylic oxidation sites excluding steroid dienone is 8. The van der Waals surface area contributed by atoms with E-state index in [0.29, 0.717) is 39.4 Å². The highest BCUT2D eigenvalue weighted by atomic mass is 35.5. The third-order valence-corrected chi connectivity index (χ3v) is 5.60. The molecule has 2 aliphatic rings. The number of aromatic amines is 1. The van der Waals surface area contributed by atoms with Crippen molar-refractivity contribution in [1.29, 1.82) is 0 Å². The summed E-state index contributed by atoms with van der Waals surface area (Å²) in [6, 6.07) is 3.57. The van der Waals surface area contributed by atoms with Gasteiger partial charge in [0, 0.05) is 17.6 Å². The van der Waals surface area contributed by atoms with Gasteiger partial charge in [-0.2, -0.15) is 4.98 Å². The van der Waals surface area contributed by atoms with Gasteiger partial charge in [0.2, 0.25) is 0 Å². The van der Waals surface area contributed by atoms with E-state index in [-0.39, 0.29) is 11.8 Å². The summed E-state index contributed by atoms with van der Waals surface area (Å²) >= 11 is 6.35. The zero-order chi connectivity index (χ0) is 22.9. The predicted molar refractivity (Wildman–Crippen MR) is 122 cm³/mol. The van der Waals surface area contributed by atoms with Gasteiger partial charge in [-0.05, 0) is 35.8 Å². The number of carboxylic acids is 1. The van der Waals surface area contributed by atoms with Gasteiger partial charge < -0.3 is 14.8 Å². The fourth-order valence-electron chi connectivity index (χ4n) is 3.41. The molecule has 0 fully saturated rings. The Morgan fingerprint density at radius 1 is 1.31 bits per heavy atom. The maximum Gasteiger partial charge on any atom is 0.311 e. The highest BCUT2D eigenvalue weighted by Gasteiger charge is 2.34. The van der Waals surface area contributed by atoms with Crippen LogP contribution >= 0.6 is 11.6 Å². The topological polar surface area (TPSA) is 75.2 Å². The summed E-state index contributed by atoms with van der Waals surface area (Å²) in [5.41, 5.74) is 1.59. The number of imidazole rings is 1. The maximum atomic E-state index is 14.1. The lowest BCUT2D eigenvalue weighted by Gasteiger charge is -2.29. The van der Waals surface area contributed by atoms with Crippen molar-refractivity contribution in [1.82, 2.24) is 9.97 Å². The average Bonchev–Trinajstić information content (AvgIpc) is 2.98. The van der Waals surface area contributed by atoms with E-state index >= 15 is 0 Å². The number of ether oxygens (including phenoxy) is 1. The number of rotatable bonds is 3. The Balaban J connectivity index is 1.61. The number of nitrogens with one attached hydrogen (secondary N) is 1. The smallest absolute Gasteiger partial charge is 0.311 e. The van der Waals surface area contributed by atoms with Crippen LogP contribution in [0.2, 0.25) is 5.02 Å². The Labute approximate surface area is 189 Å². The van der Waals surface area contributed by atoms with E-state index in [1.165, 1.54) is 6.08 Å². The van der Waals surface area contributed by atoms with Crippen molar-refractivity contribution in [3.05, 3.63) is 82.4 Å². The minimum atomic E-state index is -0.925. The van der Waals surface area contributed by atoms with E-state index in [1.54, 1.807) is 42.5 Å². The number of hydrogen-bond acceptors (Lipinski definition) is 3. The molecule has 1 aromatic heterocycles. The Kier molecular flexibility index (Phi) is 5.77. The largest absolute Gasteiger partial charge is 0.481 e. The first kappa shape index (κ1) is 21.7. The number of carboxylic acid groups (broad SMARTS) is 1. The van der Waals surface area contributed by atoms with E-state index in [4.69, 9.17) is 16.3 Å². The molecule has 0 saturated heterocycles. The van der Waals surface area contributed by atoms with Crippen molar-refractivity contribution in [2.45, 2.75) is 20.3 Å². The second-order valence-electron chi connectivity index (χ2n) is 8.10. The van der Waals surface area contributed by atoms with E-state index in [1.807, 2.05) is 19.9 Å². The van der Waals surface area contributed by atoms with E-state index < -0.39 is 17.3 Å². The minimum absolute atomic E-state index is 0.203. The van der Waals surface area contributed by atoms with Crippen LogP contribution in [-0.4, -0.2) is 21.0 Å². The van der Waals surface area contributed by atoms with Gasteiger partial charge >= 0.3 is 5.97 Å². The lowest BCUT2D eigenvalue weighted by Crippen LogP contribution is -2.30. The maximum absolute atomic E-state index is 14.1. The first-order valence-electron chi connectivity index (χ1n) is 9.98. The van der Waals surface area contributed by atoms with Crippen molar-refractivity contribution in [2.24, 2.45) is 11.3 Å². The molecule has 5 nitrogen and oxygen atoms in total. The number of halogens is 2. The van der Waals surface area contributed by atoms with Crippen LogP contribution in [0.4, 0.5) is 4.39 Å². The molecule has 32 heavy (non-hydrogen) atoms. The molecule has 1 aromatic carbocycles. The average molecular weight is 451 g/mol. The summed E-state index contributed by atoms with van der Waals surface area (Å²) < 4.78 is 19.8. The number of carbonyl (C=O) groups is 1. The molecular weight excluding hydrogens is 431 g/mol. The molecule has 0 aliphatic heterocycles. The van der Waals surface area contributed by atoms with Gasteiger partial charge in [0.05, 0.1) is 22.0 Å². The normalized spacial score (nSPS) is 19.4. The SMILES string of the molecule is CC1(C)C=CC(Oc2nc3cc(Cl)c(C#CC4=C(F)C=CC=CC4)cc3[nH]2)=CC1C(=O)O. The minimum Gasteiger partial charge on any atom is -0.481 e. The van der Waals surface area contributed by atoms with E-state index in [0.717, 1.165) is 0 Å². The summed E-state index contributed by atoms with van der Waals surface area (Å²) in [5, 5.41) is 9.87. The summed E-state index contributed by atoms with van der Waals surface area (Å²) in [6.45, 7) is 3.70. The molecule has 0 radical (unpaired) electrons. The molecule has 2 aromatic rings. The van der Waals surface area contributed by atoms with Crippen molar-refractivity contribution in [3.63, 3.8) is 0 Å². The third kappa shape index (κ3) is 4.53. The molecule has 1 unspecified atom stereocenters. The molecular formula is C25H20ClFN2O3. The van der Waals surface area contributed by atoms with Crippen molar-refractivity contribution in [3.8, 4) is 17.9 Å². The number of nitrogens with zero attached hydrogens (tertiary/aromatic N) is 1. The van der Waals surface area contributed by atoms with Crippen LogP contribution in [0, 0.1) is 23.2 Å². The summed E-state index contributed by atoms with van der Waals surface area (Å²) in [4.78, 5) is 19.0. The second kappa shape index (κ2) is 8.52. The monoisotopic (exact) mass is 450 g/mol. The van der Waals surface area contributed by atoms with Gasteiger partial charge in [-0.25, -0.2) is 4.39 Å². The number of fused-ring (bicyclic) bond motifs is 1. The second-order valence-corrected chi connectivity index (χ2v) is 8.51. The zero-order valence-corrected chi connectivity index (χ0v) is 18.2. The predicted octanol–water partition coefficient (Wildman–Crippen LogP) is 5.87. The molecule has 7 heteroatoms. The van der Waals surface area contributed by atoms with Gasteiger partial charge in [0.1, 0.15) is 11.6 Å². The highest BCUT2D eigenvalue weighted by molar-refractivity contribution is 6.32. The lowest BCUT2D eigenvalue weighted by molar-refractivity contribution is -0.142. The lowest BCUT2D eigenvalue weighted by atomic mass is 9.76. The molecule has 0 bridgehead atoms. The Morgan fingerprint density at radius 3 is 2.91 bits per heavy atom. The Hall–Kier alpha value is -3.56. The molecule has 1 heterocycles. The number of hydrogen-bond donors (Lipinski definition) is 2. The molecule has 2 aliphatic carbocycles. The van der Waals surface area contributed by atoms with Crippen LogP contribution in [0.25, 0.3) is 11.0 Å². The molecule has 4 rings (SSSR count). The number of aromatic nitrogens is 2. The van der Waals surface area contributed by atoms with E-state index in [2.05, 4.69) is 21.8 Å². The van der Waals surface area contributed by atoms with Crippen molar-refractivity contribution >= 4 is 28.6 Å². The molecule has 0 saturated carbocycles. The van der Waals surface area contributed by atoms with Crippen LogP contribution in [0.3, 0.4) is 0 Å². The van der Waals surface area contributed by atoms with Gasteiger partial charge in [-0.3, -0.25) is 4.79 Å². The van der Waals surface area contributed by atoms with Gasteiger partial charge in [0.25, 0.3) is 6.01 Å². The summed E-state index contributed by atoms with van der Waals surface area (Å²) in [5.74, 6) is 4.16. The molecule has 2 N–H and O–H groups in total. The van der Waals surface area contributed by atoms with Crippen LogP contribution < -0.4 is 4.74 Å². The number of H-pyrrole nitrogens is 1. The number of aliphatic carboxylic acids is 1. The molecule has 0 spiro atoms. The quantitative estimate of drug-likeness (QED) is 0.574. The summed E-state index contributed by atoms with van der Waals surface area (Å²) in [7, 11) is 0. The van der Waals surface area contributed by atoms with E-state index in [9.17, 15) is 14.3 Å². The van der Waals surface area contributed by atoms with Crippen LogP contribution in [0.1, 0.15) is 25.8 Å². The molecule has 0 amide bonds. The fraction of sp³-hybridized carbons (Fsp3) is 0.200. The first-order valence-corrected chi connectivity index (χ1v) is 10.4. The van der Waals surface area contributed by atoms with Gasteiger partial charge in [-0.1, -0.05) is 61.6 Å². The van der Waals surface area contributed by atoms with Gasteiger partial charge in [0.15, 0.2) is 0 Å². The summed E-state index contributed by atoms with van der Waals surface area (Å²) in [6.07, 6.45) is 12.1. The van der Waals surface area contributed by atoms with Crippen molar-refractivity contribution < 1.29 is 19.0 Å². The first-order chi connectivity index (χ1) is 15.2. The Bertz CT molecular complexity index is 1320. The van der Waals surface area contributed by atoms with Gasteiger partial charge in [-0.15, -0.1) is 0 Å². The highest BCUT2D eigenvalue weighted by Crippen LogP contribution is 2.35. The molecule has 162 valence electrons. The molecule has 1 atom stereocenters. The standard InChI is InChI=1S/C25H20ClFN2O3/c1-25(2)11-10-17(13-18(25)23(30)31)32-24-28-21-12-16(19(26)14-22(21)29-24)9-8-15-6-4-3-5-7-20(15)27/h3-5,7,10-14,18H,6H2,1-2H3,(H,28,29)(H,30,31). The third-order valence-electron chi connectivity index (χ3n) is 5.29. The number of benzene rings is 1. The zero-order valence-electron chi connectivity index (χ0n) is 17.4. The van der Waals surface area contributed by atoms with Crippen LogP contribution in [0.15, 0.2) is 71.8 Å². The Morgan fingerprint density at radius 2 is 2.12 bits per heavy atom. The van der Waals surface area contributed by atoms with Crippen molar-refractivity contribution in [2.75, 3.05) is 0 Å². The van der Waals surface area contributed by atoms with Crippen LogP contribution in [-0.2, 0) is 4.79 Å². The van der Waals surface area contributed by atoms with Crippen LogP contribution in [0.5, 0.6) is 6.01 Å².